The summed E-state index contributed by atoms with van der Waals surface area (Å²) < 4.78 is 13.7. The van der Waals surface area contributed by atoms with Gasteiger partial charge in [-0.2, -0.15) is 0 Å². The number of aromatic carboxylic acids is 1. The van der Waals surface area contributed by atoms with E-state index >= 15 is 0 Å². The Hall–Kier alpha value is -2.18. The summed E-state index contributed by atoms with van der Waals surface area (Å²) in [7, 11) is 0. The van der Waals surface area contributed by atoms with Crippen LogP contribution in [0.4, 0.5) is 15.8 Å². The lowest BCUT2D eigenvalue weighted by Gasteiger charge is -2.12. The number of halogens is 1. The summed E-state index contributed by atoms with van der Waals surface area (Å²) in [6.45, 7) is 2.54. The minimum Gasteiger partial charge on any atom is -0.477 e. The van der Waals surface area contributed by atoms with Crippen LogP contribution in [0.5, 0.6) is 0 Å². The largest absolute Gasteiger partial charge is 0.477 e. The molecule has 0 radical (unpaired) electrons. The number of carbonyl (C=O) groups is 1. The summed E-state index contributed by atoms with van der Waals surface area (Å²) in [6.07, 6.45) is 2.06. The quantitative estimate of drug-likeness (QED) is 0.632. The van der Waals surface area contributed by atoms with Gasteiger partial charge in [-0.25, -0.2) is 9.18 Å². The average Bonchev–Trinajstić information content (AvgIpc) is 3.05. The first kappa shape index (κ1) is 13.3. The van der Waals surface area contributed by atoms with E-state index in [0.717, 1.165) is 18.9 Å². The normalized spacial score (nSPS) is 15.9. The van der Waals surface area contributed by atoms with Gasteiger partial charge in [-0.1, -0.05) is 6.92 Å². The van der Waals surface area contributed by atoms with Crippen molar-refractivity contribution < 1.29 is 19.2 Å². The predicted octanol–water partition coefficient (Wildman–Crippen LogP) is 2.64. The zero-order valence-electron chi connectivity index (χ0n) is 10.3. The van der Waals surface area contributed by atoms with E-state index < -0.39 is 28.0 Å². The maximum Gasteiger partial charge on any atom is 0.342 e. The number of rotatable bonds is 5. The highest BCUT2D eigenvalue weighted by molar-refractivity contribution is 5.93. The number of nitrogens with one attached hydrogen (secondary N) is 1. The van der Waals surface area contributed by atoms with Gasteiger partial charge in [0, 0.05) is 6.54 Å². The highest BCUT2D eigenvalue weighted by Crippen LogP contribution is 2.45. The van der Waals surface area contributed by atoms with E-state index in [0.29, 0.717) is 12.6 Å². The Morgan fingerprint density at radius 1 is 1.58 bits per heavy atom. The Balaban J connectivity index is 2.31. The second-order valence-corrected chi connectivity index (χ2v) is 5.08. The topological polar surface area (TPSA) is 92.5 Å². The SMILES string of the molecule is CC1(CNc2cc(C(=O)O)c([N+](=O)[O-])cc2F)CC1. The van der Waals surface area contributed by atoms with Crippen molar-refractivity contribution in [3.05, 3.63) is 33.6 Å². The van der Waals surface area contributed by atoms with Crippen molar-refractivity contribution in [3.8, 4) is 0 Å². The fraction of sp³-hybridized carbons (Fsp3) is 0.417. The molecular formula is C12H13FN2O4. The van der Waals surface area contributed by atoms with E-state index in [9.17, 15) is 19.3 Å². The van der Waals surface area contributed by atoms with Gasteiger partial charge < -0.3 is 10.4 Å². The van der Waals surface area contributed by atoms with Crippen LogP contribution in [0.2, 0.25) is 0 Å². The highest BCUT2D eigenvalue weighted by Gasteiger charge is 2.37. The Bertz CT molecular complexity index is 555. The van der Waals surface area contributed by atoms with Crippen molar-refractivity contribution >= 4 is 17.3 Å². The van der Waals surface area contributed by atoms with Gasteiger partial charge in [0.2, 0.25) is 0 Å². The number of hydrogen-bond acceptors (Lipinski definition) is 4. The van der Waals surface area contributed by atoms with Crippen LogP contribution in [0.15, 0.2) is 12.1 Å². The number of benzene rings is 1. The number of anilines is 1. The van der Waals surface area contributed by atoms with Crippen LogP contribution < -0.4 is 5.32 Å². The molecule has 1 aliphatic rings. The van der Waals surface area contributed by atoms with Gasteiger partial charge >= 0.3 is 5.97 Å². The van der Waals surface area contributed by atoms with Gasteiger partial charge in [-0.05, 0) is 24.3 Å². The molecule has 0 amide bonds. The van der Waals surface area contributed by atoms with Crippen LogP contribution in [0, 0.1) is 21.3 Å². The summed E-state index contributed by atoms with van der Waals surface area (Å²) in [4.78, 5) is 20.7. The first-order valence-electron chi connectivity index (χ1n) is 5.77. The molecule has 0 aliphatic heterocycles. The molecule has 0 saturated heterocycles. The van der Waals surface area contributed by atoms with Crippen molar-refractivity contribution in [2.24, 2.45) is 5.41 Å². The zero-order chi connectivity index (χ0) is 14.2. The summed E-state index contributed by atoms with van der Waals surface area (Å²) >= 11 is 0. The lowest BCUT2D eigenvalue weighted by Crippen LogP contribution is -2.14. The second-order valence-electron chi connectivity index (χ2n) is 5.08. The molecule has 1 aromatic carbocycles. The number of hydrogen-bond donors (Lipinski definition) is 2. The molecule has 1 fully saturated rings. The molecule has 2 rings (SSSR count). The number of carboxylic acid groups (broad SMARTS) is 1. The lowest BCUT2D eigenvalue weighted by atomic mass is 10.1. The molecule has 1 aliphatic carbocycles. The van der Waals surface area contributed by atoms with Crippen LogP contribution >= 0.6 is 0 Å². The molecule has 7 heteroatoms. The van der Waals surface area contributed by atoms with E-state index in [-0.39, 0.29) is 11.1 Å². The molecule has 6 nitrogen and oxygen atoms in total. The van der Waals surface area contributed by atoms with Crippen LogP contribution in [-0.2, 0) is 0 Å². The molecule has 0 spiro atoms. The Kier molecular flexibility index (Phi) is 3.13. The summed E-state index contributed by atoms with van der Waals surface area (Å²) in [5.74, 6) is -2.27. The Morgan fingerprint density at radius 2 is 2.21 bits per heavy atom. The average molecular weight is 268 g/mol. The van der Waals surface area contributed by atoms with E-state index in [2.05, 4.69) is 5.32 Å². The van der Waals surface area contributed by atoms with Gasteiger partial charge in [0.15, 0.2) is 5.82 Å². The Labute approximate surface area is 108 Å². The molecule has 0 heterocycles. The summed E-state index contributed by atoms with van der Waals surface area (Å²) in [6, 6.07) is 1.61. The van der Waals surface area contributed by atoms with Crippen LogP contribution in [0.25, 0.3) is 0 Å². The number of nitro groups is 1. The molecule has 19 heavy (non-hydrogen) atoms. The maximum absolute atomic E-state index is 13.7. The number of nitro benzene ring substituents is 1. The fourth-order valence-electron chi connectivity index (χ4n) is 1.72. The fourth-order valence-corrected chi connectivity index (χ4v) is 1.72. The van der Waals surface area contributed by atoms with Crippen molar-refractivity contribution in [2.45, 2.75) is 19.8 Å². The number of carboxylic acids is 1. The summed E-state index contributed by atoms with van der Waals surface area (Å²) in [5, 5.41) is 22.4. The van der Waals surface area contributed by atoms with Gasteiger partial charge in [0.05, 0.1) is 16.7 Å². The molecule has 0 bridgehead atoms. The smallest absolute Gasteiger partial charge is 0.342 e. The third-order valence-corrected chi connectivity index (χ3v) is 3.32. The Morgan fingerprint density at radius 3 is 2.68 bits per heavy atom. The lowest BCUT2D eigenvalue weighted by molar-refractivity contribution is -0.385. The summed E-state index contributed by atoms with van der Waals surface area (Å²) in [5.41, 5.74) is -1.17. The van der Waals surface area contributed by atoms with Crippen LogP contribution in [0.1, 0.15) is 30.1 Å². The molecule has 1 saturated carbocycles. The highest BCUT2D eigenvalue weighted by atomic mass is 19.1. The zero-order valence-corrected chi connectivity index (χ0v) is 10.3. The molecular weight excluding hydrogens is 255 g/mol. The second kappa shape index (κ2) is 4.49. The van der Waals surface area contributed by atoms with E-state index in [1.165, 1.54) is 0 Å². The molecule has 0 unspecified atom stereocenters. The van der Waals surface area contributed by atoms with Crippen molar-refractivity contribution in [1.82, 2.24) is 0 Å². The van der Waals surface area contributed by atoms with E-state index in [1.54, 1.807) is 0 Å². The minimum absolute atomic E-state index is 0.0175. The minimum atomic E-state index is -1.45. The van der Waals surface area contributed by atoms with Gasteiger partial charge in [0.1, 0.15) is 5.56 Å². The van der Waals surface area contributed by atoms with Crippen molar-refractivity contribution in [3.63, 3.8) is 0 Å². The number of nitrogens with zero attached hydrogens (tertiary/aromatic N) is 1. The first-order valence-corrected chi connectivity index (χ1v) is 5.77. The van der Waals surface area contributed by atoms with Crippen LogP contribution in [0.3, 0.4) is 0 Å². The molecule has 1 aromatic rings. The first-order chi connectivity index (χ1) is 8.82. The maximum atomic E-state index is 13.7. The van der Waals surface area contributed by atoms with Gasteiger partial charge in [-0.3, -0.25) is 10.1 Å². The van der Waals surface area contributed by atoms with Crippen molar-refractivity contribution in [2.75, 3.05) is 11.9 Å². The van der Waals surface area contributed by atoms with E-state index in [1.807, 2.05) is 6.92 Å². The molecule has 0 atom stereocenters. The monoisotopic (exact) mass is 268 g/mol. The van der Waals surface area contributed by atoms with E-state index in [4.69, 9.17) is 5.11 Å². The molecule has 2 N–H and O–H groups in total. The molecule has 0 aromatic heterocycles. The standard InChI is InChI=1S/C12H13FN2O4/c1-12(2-3-12)6-14-9-4-7(11(16)17)10(15(18)19)5-8(9)13/h4-5,14H,2-3,6H2,1H3,(H,16,17). The van der Waals surface area contributed by atoms with Gasteiger partial charge in [0.25, 0.3) is 5.69 Å². The van der Waals surface area contributed by atoms with Gasteiger partial charge in [-0.15, -0.1) is 0 Å². The molecule has 102 valence electrons. The third-order valence-electron chi connectivity index (χ3n) is 3.32. The third kappa shape index (κ3) is 2.81. The van der Waals surface area contributed by atoms with Crippen LogP contribution in [-0.4, -0.2) is 22.5 Å². The predicted molar refractivity (Wildman–Crippen MR) is 65.8 cm³/mol. The van der Waals surface area contributed by atoms with Crippen molar-refractivity contribution in [1.29, 1.82) is 0 Å².